The highest BCUT2D eigenvalue weighted by molar-refractivity contribution is 5.96. The van der Waals surface area contributed by atoms with Crippen LogP contribution in [-0.2, 0) is 17.6 Å². The predicted molar refractivity (Wildman–Crippen MR) is 80.1 cm³/mol. The van der Waals surface area contributed by atoms with Gasteiger partial charge in [-0.25, -0.2) is 13.5 Å². The van der Waals surface area contributed by atoms with Crippen molar-refractivity contribution >= 4 is 11.9 Å². The van der Waals surface area contributed by atoms with Gasteiger partial charge in [0.25, 0.3) is 5.91 Å². The quantitative estimate of drug-likeness (QED) is 0.893. The molecule has 3 rings (SSSR count). The topological polar surface area (TPSA) is 84.2 Å². The molecule has 2 aromatic rings. The van der Waals surface area contributed by atoms with Crippen LogP contribution in [-0.4, -0.2) is 32.8 Å². The highest BCUT2D eigenvalue weighted by atomic mass is 19.2. The summed E-state index contributed by atoms with van der Waals surface area (Å²) in [6, 6.07) is 2.34. The summed E-state index contributed by atoms with van der Waals surface area (Å²) in [6.45, 7) is 1.35. The van der Waals surface area contributed by atoms with Crippen molar-refractivity contribution in [2.45, 2.75) is 32.2 Å². The first kappa shape index (κ1) is 16.1. The number of halogens is 2. The number of carboxylic acid groups (broad SMARTS) is 1. The van der Waals surface area contributed by atoms with E-state index in [4.69, 9.17) is 5.11 Å². The van der Waals surface area contributed by atoms with Crippen molar-refractivity contribution in [3.05, 3.63) is 46.8 Å². The number of hydrogen-bond acceptors (Lipinski definition) is 3. The molecule has 0 aliphatic heterocycles. The van der Waals surface area contributed by atoms with Crippen LogP contribution in [0.4, 0.5) is 8.78 Å². The molecular weight excluding hydrogens is 320 g/mol. The van der Waals surface area contributed by atoms with Gasteiger partial charge >= 0.3 is 5.97 Å². The lowest BCUT2D eigenvalue weighted by molar-refractivity contribution is -0.138. The second-order valence-corrected chi connectivity index (χ2v) is 5.67. The standard InChI is InChI=1S/C16H15F2N3O3/c1-8(16(23)24)19-15(22)14-10-3-2-4-13(10)21(20-14)9-5-6-11(17)12(18)7-9/h5-8H,2-4H2,1H3,(H,19,22)(H,23,24)/t8-/m1/s1. The molecule has 0 fully saturated rings. The molecule has 1 aliphatic carbocycles. The van der Waals surface area contributed by atoms with Crippen LogP contribution < -0.4 is 5.32 Å². The third-order valence-corrected chi connectivity index (χ3v) is 4.01. The zero-order valence-corrected chi connectivity index (χ0v) is 12.8. The third kappa shape index (κ3) is 2.75. The smallest absolute Gasteiger partial charge is 0.325 e. The lowest BCUT2D eigenvalue weighted by atomic mass is 10.2. The van der Waals surface area contributed by atoms with Gasteiger partial charge in [-0.05, 0) is 38.3 Å². The molecule has 0 radical (unpaired) electrons. The zero-order valence-electron chi connectivity index (χ0n) is 12.8. The summed E-state index contributed by atoms with van der Waals surface area (Å²) in [5.41, 5.74) is 1.92. The molecular formula is C16H15F2N3O3. The van der Waals surface area contributed by atoms with Crippen LogP contribution in [0.25, 0.3) is 5.69 Å². The molecule has 0 unspecified atom stereocenters. The third-order valence-electron chi connectivity index (χ3n) is 4.01. The van der Waals surface area contributed by atoms with Crippen molar-refractivity contribution in [1.82, 2.24) is 15.1 Å². The number of fused-ring (bicyclic) bond motifs is 1. The molecule has 0 saturated carbocycles. The second-order valence-electron chi connectivity index (χ2n) is 5.67. The van der Waals surface area contributed by atoms with Crippen LogP contribution >= 0.6 is 0 Å². The Balaban J connectivity index is 2.00. The van der Waals surface area contributed by atoms with Gasteiger partial charge in [-0.1, -0.05) is 0 Å². The van der Waals surface area contributed by atoms with Crippen molar-refractivity contribution in [3.8, 4) is 5.69 Å². The van der Waals surface area contributed by atoms with E-state index in [-0.39, 0.29) is 5.69 Å². The Kier molecular flexibility index (Phi) is 4.04. The molecule has 6 nitrogen and oxygen atoms in total. The fourth-order valence-corrected chi connectivity index (χ4v) is 2.78. The van der Waals surface area contributed by atoms with Gasteiger partial charge in [0.1, 0.15) is 6.04 Å². The van der Waals surface area contributed by atoms with E-state index in [0.717, 1.165) is 29.8 Å². The maximum Gasteiger partial charge on any atom is 0.325 e. The Hall–Kier alpha value is -2.77. The van der Waals surface area contributed by atoms with Crippen LogP contribution in [0.15, 0.2) is 18.2 Å². The number of nitrogens with zero attached hydrogens (tertiary/aromatic N) is 2. The number of aromatic nitrogens is 2. The summed E-state index contributed by atoms with van der Waals surface area (Å²) in [6.07, 6.45) is 2.10. The molecule has 0 spiro atoms. The molecule has 1 aliphatic rings. The molecule has 1 aromatic heterocycles. The van der Waals surface area contributed by atoms with Gasteiger partial charge in [0.05, 0.1) is 5.69 Å². The average Bonchev–Trinajstić information content (AvgIpc) is 3.11. The van der Waals surface area contributed by atoms with E-state index in [0.29, 0.717) is 18.5 Å². The SMILES string of the molecule is C[C@@H](NC(=O)c1nn(-c2ccc(F)c(F)c2)c2c1CCC2)C(=O)O. The fraction of sp³-hybridized carbons (Fsp3) is 0.312. The molecule has 1 aromatic carbocycles. The second kappa shape index (κ2) is 6.03. The molecule has 126 valence electrons. The number of hydrogen-bond donors (Lipinski definition) is 2. The normalized spacial score (nSPS) is 14.3. The Morgan fingerprint density at radius 1 is 1.29 bits per heavy atom. The van der Waals surface area contributed by atoms with E-state index < -0.39 is 29.6 Å². The van der Waals surface area contributed by atoms with E-state index >= 15 is 0 Å². The Bertz CT molecular complexity index is 832. The summed E-state index contributed by atoms with van der Waals surface area (Å²) in [5, 5.41) is 15.5. The van der Waals surface area contributed by atoms with Gasteiger partial charge < -0.3 is 10.4 Å². The number of amides is 1. The van der Waals surface area contributed by atoms with Gasteiger partial charge in [-0.3, -0.25) is 9.59 Å². The van der Waals surface area contributed by atoms with Crippen LogP contribution in [0.3, 0.4) is 0 Å². The summed E-state index contributed by atoms with van der Waals surface area (Å²) in [4.78, 5) is 23.2. The maximum atomic E-state index is 13.5. The Morgan fingerprint density at radius 3 is 2.71 bits per heavy atom. The molecule has 2 N–H and O–H groups in total. The minimum atomic E-state index is -1.15. The number of nitrogens with one attached hydrogen (secondary N) is 1. The van der Waals surface area contributed by atoms with Crippen molar-refractivity contribution in [2.24, 2.45) is 0 Å². The summed E-state index contributed by atoms with van der Waals surface area (Å²) in [5.74, 6) is -3.71. The van der Waals surface area contributed by atoms with Crippen LogP contribution in [0.1, 0.15) is 35.1 Å². The number of carbonyl (C=O) groups is 2. The van der Waals surface area contributed by atoms with Crippen LogP contribution in [0, 0.1) is 11.6 Å². The number of carbonyl (C=O) groups excluding carboxylic acids is 1. The van der Waals surface area contributed by atoms with Gasteiger partial charge in [-0.15, -0.1) is 0 Å². The predicted octanol–water partition coefficient (Wildman–Crippen LogP) is 1.84. The fourth-order valence-electron chi connectivity index (χ4n) is 2.78. The number of carboxylic acids is 1. The van der Waals surface area contributed by atoms with Gasteiger partial charge in [0, 0.05) is 17.3 Å². The number of benzene rings is 1. The molecule has 1 atom stereocenters. The lowest BCUT2D eigenvalue weighted by Crippen LogP contribution is -2.38. The molecule has 0 saturated heterocycles. The number of aliphatic carboxylic acids is 1. The van der Waals surface area contributed by atoms with Crippen molar-refractivity contribution in [2.75, 3.05) is 0 Å². The summed E-state index contributed by atoms with van der Waals surface area (Å²) >= 11 is 0. The first-order valence-electron chi connectivity index (χ1n) is 7.48. The van der Waals surface area contributed by atoms with Crippen LogP contribution in [0.5, 0.6) is 0 Å². The molecule has 24 heavy (non-hydrogen) atoms. The highest BCUT2D eigenvalue weighted by Crippen LogP contribution is 2.28. The van der Waals surface area contributed by atoms with Crippen molar-refractivity contribution in [3.63, 3.8) is 0 Å². The zero-order chi connectivity index (χ0) is 17.4. The maximum absolute atomic E-state index is 13.5. The number of rotatable bonds is 4. The van der Waals surface area contributed by atoms with Crippen molar-refractivity contribution in [1.29, 1.82) is 0 Å². The summed E-state index contributed by atoms with van der Waals surface area (Å²) < 4.78 is 28.0. The molecule has 1 amide bonds. The average molecular weight is 335 g/mol. The van der Waals surface area contributed by atoms with Crippen LogP contribution in [0.2, 0.25) is 0 Å². The first-order chi connectivity index (χ1) is 11.4. The van der Waals surface area contributed by atoms with Gasteiger partial charge in [0.15, 0.2) is 17.3 Å². The highest BCUT2D eigenvalue weighted by Gasteiger charge is 2.28. The molecule has 8 heteroatoms. The largest absolute Gasteiger partial charge is 0.480 e. The Morgan fingerprint density at radius 2 is 2.04 bits per heavy atom. The summed E-state index contributed by atoms with van der Waals surface area (Å²) in [7, 11) is 0. The lowest BCUT2D eigenvalue weighted by Gasteiger charge is -2.08. The first-order valence-corrected chi connectivity index (χ1v) is 7.48. The minimum absolute atomic E-state index is 0.125. The van der Waals surface area contributed by atoms with Gasteiger partial charge in [0.2, 0.25) is 0 Å². The molecule has 1 heterocycles. The van der Waals surface area contributed by atoms with Gasteiger partial charge in [-0.2, -0.15) is 5.10 Å². The Labute approximate surface area is 136 Å². The van der Waals surface area contributed by atoms with E-state index in [1.54, 1.807) is 0 Å². The van der Waals surface area contributed by atoms with Crippen molar-refractivity contribution < 1.29 is 23.5 Å². The molecule has 0 bridgehead atoms. The monoisotopic (exact) mass is 335 g/mol. The van der Waals surface area contributed by atoms with E-state index in [1.165, 1.54) is 17.7 Å². The van der Waals surface area contributed by atoms with E-state index in [2.05, 4.69) is 10.4 Å². The van der Waals surface area contributed by atoms with E-state index in [1.807, 2.05) is 0 Å². The van der Waals surface area contributed by atoms with E-state index in [9.17, 15) is 18.4 Å². The minimum Gasteiger partial charge on any atom is -0.480 e.